The molecule has 1 aromatic heterocycles. The van der Waals surface area contributed by atoms with Crippen molar-refractivity contribution in [1.82, 2.24) is 19.9 Å². The molecule has 2 aromatic carbocycles. The molecule has 4 bridgehead atoms. The van der Waals surface area contributed by atoms with Crippen molar-refractivity contribution < 1.29 is 14.3 Å². The van der Waals surface area contributed by atoms with Crippen molar-refractivity contribution in [3.63, 3.8) is 0 Å². The van der Waals surface area contributed by atoms with Crippen LogP contribution in [-0.4, -0.2) is 110 Å². The highest BCUT2D eigenvalue weighted by Gasteiger charge is 2.43. The summed E-state index contributed by atoms with van der Waals surface area (Å²) < 4.78 is 11.6. The highest BCUT2D eigenvalue weighted by Crippen LogP contribution is 2.35. The summed E-state index contributed by atoms with van der Waals surface area (Å²) in [6.45, 7) is 7.17. The van der Waals surface area contributed by atoms with Crippen molar-refractivity contribution in [1.29, 1.82) is 0 Å². The van der Waals surface area contributed by atoms with Crippen LogP contribution in [0.4, 0.5) is 33.8 Å². The molecular weight excluding hydrogens is 546 g/mol. The summed E-state index contributed by atoms with van der Waals surface area (Å²) in [5.41, 5.74) is 3.49. The number of amides is 2. The first-order chi connectivity index (χ1) is 21.0. The number of aromatic nitrogens is 3. The number of nitrogens with one attached hydrogen (secondary N) is 2. The number of ether oxygens (including phenoxy) is 2. The van der Waals surface area contributed by atoms with Crippen LogP contribution in [0.3, 0.4) is 0 Å². The monoisotopic (exact) mass is 583 g/mol. The van der Waals surface area contributed by atoms with Gasteiger partial charge in [-0.15, -0.1) is 0 Å². The van der Waals surface area contributed by atoms with Gasteiger partial charge in [0.1, 0.15) is 0 Å². The summed E-state index contributed by atoms with van der Waals surface area (Å²) in [6, 6.07) is 16.0. The lowest BCUT2D eigenvalue weighted by Crippen LogP contribution is -2.44. The largest absolute Gasteiger partial charge is 0.374 e. The van der Waals surface area contributed by atoms with Gasteiger partial charge in [0.05, 0.1) is 37.5 Å². The van der Waals surface area contributed by atoms with Gasteiger partial charge in [-0.2, -0.15) is 15.0 Å². The van der Waals surface area contributed by atoms with E-state index < -0.39 is 0 Å². The number of piperazine rings is 1. The Morgan fingerprint density at radius 3 is 1.77 bits per heavy atom. The fourth-order valence-corrected chi connectivity index (χ4v) is 6.85. The zero-order valence-corrected chi connectivity index (χ0v) is 24.4. The maximum atomic E-state index is 12.8. The number of rotatable bonds is 6. The van der Waals surface area contributed by atoms with E-state index in [4.69, 9.17) is 24.4 Å². The van der Waals surface area contributed by atoms with E-state index in [1.165, 1.54) is 5.69 Å². The van der Waals surface area contributed by atoms with E-state index in [-0.39, 0.29) is 18.2 Å². The van der Waals surface area contributed by atoms with Crippen LogP contribution in [0.1, 0.15) is 12.8 Å². The number of hydrogen-bond donors (Lipinski definition) is 2. The molecule has 4 atom stereocenters. The fourth-order valence-electron chi connectivity index (χ4n) is 6.85. The summed E-state index contributed by atoms with van der Waals surface area (Å²) in [7, 11) is 2.15. The van der Waals surface area contributed by atoms with Crippen LogP contribution in [0.5, 0.6) is 0 Å². The van der Waals surface area contributed by atoms with Gasteiger partial charge in [0.25, 0.3) is 0 Å². The molecule has 5 aliphatic heterocycles. The number of urea groups is 1. The molecule has 0 aliphatic carbocycles. The Morgan fingerprint density at radius 2 is 1.28 bits per heavy atom. The van der Waals surface area contributed by atoms with Crippen LogP contribution < -0.4 is 25.3 Å². The van der Waals surface area contributed by atoms with Crippen LogP contribution in [0.2, 0.25) is 0 Å². The number of morpholine rings is 2. The van der Waals surface area contributed by atoms with Crippen molar-refractivity contribution in [2.45, 2.75) is 37.1 Å². The molecule has 5 saturated heterocycles. The molecule has 3 aromatic rings. The zero-order chi connectivity index (χ0) is 28.9. The molecule has 3 unspecified atom stereocenters. The molecule has 5 fully saturated rings. The van der Waals surface area contributed by atoms with Crippen LogP contribution in [0.15, 0.2) is 48.5 Å². The van der Waals surface area contributed by atoms with Crippen LogP contribution in [0.25, 0.3) is 11.4 Å². The van der Waals surface area contributed by atoms with Crippen molar-refractivity contribution in [3.05, 3.63) is 48.5 Å². The third-order valence-electron chi connectivity index (χ3n) is 9.32. The van der Waals surface area contributed by atoms with Gasteiger partial charge in [0, 0.05) is 61.9 Å². The maximum Gasteiger partial charge on any atom is 0.323 e. The van der Waals surface area contributed by atoms with Crippen LogP contribution >= 0.6 is 0 Å². The fraction of sp³-hybridized carbons (Fsp3) is 0.484. The Bertz CT molecular complexity index is 1430. The van der Waals surface area contributed by atoms with Gasteiger partial charge < -0.3 is 39.7 Å². The predicted octanol–water partition coefficient (Wildman–Crippen LogP) is 2.89. The highest BCUT2D eigenvalue weighted by molar-refractivity contribution is 5.99. The Balaban J connectivity index is 0.958. The second-order valence-electron chi connectivity index (χ2n) is 12.2. The van der Waals surface area contributed by atoms with Crippen molar-refractivity contribution in [3.8, 4) is 11.4 Å². The zero-order valence-electron chi connectivity index (χ0n) is 24.4. The molecule has 0 spiro atoms. The molecule has 2 amide bonds. The number of fused-ring (bicyclic) bond motifs is 4. The molecule has 5 aliphatic rings. The number of benzene rings is 2. The molecule has 43 heavy (non-hydrogen) atoms. The number of anilines is 5. The third kappa shape index (κ3) is 5.34. The van der Waals surface area contributed by atoms with Crippen molar-refractivity contribution >= 4 is 35.0 Å². The minimum atomic E-state index is -0.289. The quantitative estimate of drug-likeness (QED) is 0.450. The number of hydrogen-bond acceptors (Lipinski definition) is 10. The van der Waals surface area contributed by atoms with Gasteiger partial charge in [-0.25, -0.2) is 4.79 Å². The SMILES string of the molecule is CN1CCN(c2ccc(NC(=O)Nc3ccc(-c4nc(N5CC6CC5CO6)nc(N5C[C@H]6CC5CO6)n4)cc3)cc2)CC1. The lowest BCUT2D eigenvalue weighted by molar-refractivity contribution is 0.0980. The van der Waals surface area contributed by atoms with E-state index in [0.29, 0.717) is 48.7 Å². The van der Waals surface area contributed by atoms with Gasteiger partial charge in [0.15, 0.2) is 5.82 Å². The molecule has 12 heteroatoms. The number of carbonyl (C=O) groups is 1. The standard InChI is InChI=1S/C31H37N9O3/c1-37-10-12-38(13-11-37)23-8-6-22(7-9-23)33-31(41)32-21-4-2-20(3-5-21)28-34-29(39-16-26-14-24(39)18-42-26)36-30(35-28)40-17-27-15-25(40)19-43-27/h2-9,24-27H,10-19H2,1H3,(H2,32,33,41)/t24?,25?,26-,27?/m1/s1. The van der Waals surface area contributed by atoms with Gasteiger partial charge >= 0.3 is 6.03 Å². The number of carbonyl (C=O) groups excluding carboxylic acids is 1. The Hall–Kier alpha value is -4.00. The van der Waals surface area contributed by atoms with Crippen molar-refractivity contribution in [2.24, 2.45) is 0 Å². The first kappa shape index (κ1) is 26.6. The van der Waals surface area contributed by atoms with Crippen LogP contribution in [0, 0.1) is 0 Å². The topological polar surface area (TPSA) is 111 Å². The number of nitrogens with zero attached hydrogens (tertiary/aromatic N) is 7. The van der Waals surface area contributed by atoms with E-state index in [0.717, 1.165) is 63.4 Å². The minimum Gasteiger partial charge on any atom is -0.374 e. The molecular formula is C31H37N9O3. The second kappa shape index (κ2) is 10.9. The number of likely N-dealkylation sites (N-methyl/N-ethyl adjacent to an activating group) is 1. The van der Waals surface area contributed by atoms with Gasteiger partial charge in [-0.3, -0.25) is 0 Å². The smallest absolute Gasteiger partial charge is 0.323 e. The Kier molecular flexibility index (Phi) is 6.76. The first-order valence-corrected chi connectivity index (χ1v) is 15.3. The third-order valence-corrected chi connectivity index (χ3v) is 9.32. The molecule has 12 nitrogen and oxygen atoms in total. The van der Waals surface area contributed by atoms with E-state index in [9.17, 15) is 4.79 Å². The second-order valence-corrected chi connectivity index (χ2v) is 12.2. The van der Waals surface area contributed by atoms with Gasteiger partial charge in [0.2, 0.25) is 11.9 Å². The Labute approximate surface area is 251 Å². The highest BCUT2D eigenvalue weighted by atomic mass is 16.5. The minimum absolute atomic E-state index is 0.247. The predicted molar refractivity (Wildman–Crippen MR) is 165 cm³/mol. The molecule has 0 radical (unpaired) electrons. The van der Waals surface area contributed by atoms with Crippen molar-refractivity contribution in [2.75, 3.05) is 84.9 Å². The lowest BCUT2D eigenvalue weighted by Gasteiger charge is -2.34. The average Bonchev–Trinajstić information content (AvgIpc) is 3.85. The Morgan fingerprint density at radius 1 is 0.744 bits per heavy atom. The molecule has 2 N–H and O–H groups in total. The summed E-state index contributed by atoms with van der Waals surface area (Å²) in [4.78, 5) is 36.8. The van der Waals surface area contributed by atoms with E-state index in [1.807, 2.05) is 36.4 Å². The van der Waals surface area contributed by atoms with Crippen LogP contribution in [-0.2, 0) is 9.47 Å². The molecule has 6 heterocycles. The normalized spacial score (nSPS) is 26.4. The van der Waals surface area contributed by atoms with E-state index in [2.05, 4.69) is 49.4 Å². The average molecular weight is 584 g/mol. The lowest BCUT2D eigenvalue weighted by atomic mass is 10.2. The molecule has 0 saturated carbocycles. The summed E-state index contributed by atoms with van der Waals surface area (Å²) in [5, 5.41) is 5.87. The summed E-state index contributed by atoms with van der Waals surface area (Å²) >= 11 is 0. The van der Waals surface area contributed by atoms with E-state index in [1.54, 1.807) is 0 Å². The summed E-state index contributed by atoms with van der Waals surface area (Å²) in [5.74, 6) is 2.04. The first-order valence-electron chi connectivity index (χ1n) is 15.3. The maximum absolute atomic E-state index is 12.8. The van der Waals surface area contributed by atoms with Gasteiger partial charge in [-0.05, 0) is 68.4 Å². The van der Waals surface area contributed by atoms with Gasteiger partial charge in [-0.1, -0.05) is 0 Å². The van der Waals surface area contributed by atoms with E-state index >= 15 is 0 Å². The molecule has 224 valence electrons. The molecule has 8 rings (SSSR count). The summed E-state index contributed by atoms with van der Waals surface area (Å²) in [6.07, 6.45) is 2.52.